The van der Waals surface area contributed by atoms with E-state index < -0.39 is 6.03 Å². The third-order valence-corrected chi connectivity index (χ3v) is 3.89. The molecule has 5 heteroatoms. The lowest BCUT2D eigenvalue weighted by Gasteiger charge is -2.17. The van der Waals surface area contributed by atoms with E-state index in [9.17, 15) is 9.18 Å². The van der Waals surface area contributed by atoms with Crippen LogP contribution in [0.3, 0.4) is 0 Å². The van der Waals surface area contributed by atoms with E-state index in [2.05, 4.69) is 5.32 Å². The molecule has 0 aliphatic carbocycles. The van der Waals surface area contributed by atoms with Gasteiger partial charge in [-0.05, 0) is 36.8 Å². The first-order valence-electron chi connectivity index (χ1n) is 6.09. The van der Waals surface area contributed by atoms with E-state index in [1.807, 2.05) is 31.2 Å². The summed E-state index contributed by atoms with van der Waals surface area (Å²) in [5.74, 6) is -0.313. The average Bonchev–Trinajstić information content (AvgIpc) is 2.41. The number of rotatable bonds is 4. The lowest BCUT2D eigenvalue weighted by molar-refractivity contribution is 0.248. The molecular weight excluding hydrogens is 275 g/mol. The van der Waals surface area contributed by atoms with Crippen molar-refractivity contribution >= 4 is 17.8 Å². The molecular formula is C15H15FN2OS. The maximum Gasteiger partial charge on any atom is 0.313 e. The standard InChI is InChI=1S/C15H15FN2OS/c1-10-2-8-13(9-3-10)20-14(18-15(17)19)11-4-6-12(16)7-5-11/h2-9,14H,1H3,(H3,17,18,19). The first-order chi connectivity index (χ1) is 9.54. The van der Waals surface area contributed by atoms with Crippen LogP contribution in [0.25, 0.3) is 0 Å². The van der Waals surface area contributed by atoms with Gasteiger partial charge < -0.3 is 11.1 Å². The van der Waals surface area contributed by atoms with E-state index in [1.54, 1.807) is 12.1 Å². The summed E-state index contributed by atoms with van der Waals surface area (Å²) in [5, 5.41) is 2.31. The lowest BCUT2D eigenvalue weighted by Crippen LogP contribution is -2.31. The molecule has 0 heterocycles. The topological polar surface area (TPSA) is 55.1 Å². The fourth-order valence-electron chi connectivity index (χ4n) is 1.70. The zero-order valence-corrected chi connectivity index (χ0v) is 11.8. The van der Waals surface area contributed by atoms with Gasteiger partial charge in [0.1, 0.15) is 11.2 Å². The molecule has 0 aliphatic rings. The summed E-state index contributed by atoms with van der Waals surface area (Å²) in [7, 11) is 0. The predicted octanol–water partition coefficient (Wildman–Crippen LogP) is 3.59. The molecule has 20 heavy (non-hydrogen) atoms. The number of nitrogens with one attached hydrogen (secondary N) is 1. The summed E-state index contributed by atoms with van der Waals surface area (Å²) in [5.41, 5.74) is 7.15. The number of primary amides is 1. The number of thioether (sulfide) groups is 1. The maximum absolute atomic E-state index is 13.0. The molecule has 0 saturated carbocycles. The van der Waals surface area contributed by atoms with E-state index in [1.165, 1.54) is 23.9 Å². The number of aryl methyl sites for hydroxylation is 1. The highest BCUT2D eigenvalue weighted by atomic mass is 32.2. The number of hydrogen-bond donors (Lipinski definition) is 2. The molecule has 1 atom stereocenters. The summed E-state index contributed by atoms with van der Waals surface area (Å²) in [6, 6.07) is 13.3. The van der Waals surface area contributed by atoms with E-state index in [-0.39, 0.29) is 11.2 Å². The van der Waals surface area contributed by atoms with Crippen molar-refractivity contribution in [2.75, 3.05) is 0 Å². The normalized spacial score (nSPS) is 11.9. The Morgan fingerprint density at radius 2 is 1.75 bits per heavy atom. The van der Waals surface area contributed by atoms with Crippen LogP contribution in [0.1, 0.15) is 16.5 Å². The van der Waals surface area contributed by atoms with E-state index in [0.717, 1.165) is 16.0 Å². The molecule has 0 aliphatic heterocycles. The third kappa shape index (κ3) is 3.99. The highest BCUT2D eigenvalue weighted by molar-refractivity contribution is 7.99. The summed E-state index contributed by atoms with van der Waals surface area (Å²) in [4.78, 5) is 12.1. The Morgan fingerprint density at radius 3 is 2.30 bits per heavy atom. The zero-order valence-electron chi connectivity index (χ0n) is 11.0. The Kier molecular flexibility index (Phi) is 4.63. The minimum atomic E-state index is -0.612. The number of urea groups is 1. The molecule has 0 bridgehead atoms. The first-order valence-corrected chi connectivity index (χ1v) is 6.97. The minimum absolute atomic E-state index is 0.313. The van der Waals surface area contributed by atoms with Gasteiger partial charge in [0.25, 0.3) is 0 Å². The Balaban J connectivity index is 2.21. The maximum atomic E-state index is 13.0. The Hall–Kier alpha value is -2.01. The summed E-state index contributed by atoms with van der Waals surface area (Å²) in [6.07, 6.45) is 0. The van der Waals surface area contributed by atoms with Crippen LogP contribution in [0.15, 0.2) is 53.4 Å². The van der Waals surface area contributed by atoms with Gasteiger partial charge in [-0.1, -0.05) is 41.6 Å². The molecule has 0 radical (unpaired) electrons. The van der Waals surface area contributed by atoms with Crippen molar-refractivity contribution in [3.05, 3.63) is 65.5 Å². The van der Waals surface area contributed by atoms with Crippen LogP contribution >= 0.6 is 11.8 Å². The molecule has 2 aromatic carbocycles. The molecule has 2 aromatic rings. The Bertz CT molecular complexity index is 584. The number of halogens is 1. The van der Waals surface area contributed by atoms with Crippen LogP contribution in [0.5, 0.6) is 0 Å². The van der Waals surface area contributed by atoms with Crippen molar-refractivity contribution in [2.45, 2.75) is 17.2 Å². The molecule has 0 spiro atoms. The average molecular weight is 290 g/mol. The molecule has 3 nitrogen and oxygen atoms in total. The van der Waals surface area contributed by atoms with Crippen molar-refractivity contribution in [3.8, 4) is 0 Å². The fourth-order valence-corrected chi connectivity index (χ4v) is 2.73. The van der Waals surface area contributed by atoms with Gasteiger partial charge in [-0.15, -0.1) is 0 Å². The molecule has 0 fully saturated rings. The molecule has 3 N–H and O–H groups in total. The molecule has 1 unspecified atom stereocenters. The van der Waals surface area contributed by atoms with Crippen molar-refractivity contribution in [3.63, 3.8) is 0 Å². The van der Waals surface area contributed by atoms with Crippen molar-refractivity contribution in [1.29, 1.82) is 0 Å². The van der Waals surface area contributed by atoms with Gasteiger partial charge in [0.15, 0.2) is 0 Å². The van der Waals surface area contributed by atoms with Gasteiger partial charge in [0.05, 0.1) is 0 Å². The molecule has 2 amide bonds. The molecule has 104 valence electrons. The Labute approximate surface area is 121 Å². The van der Waals surface area contributed by atoms with Crippen LogP contribution in [-0.4, -0.2) is 6.03 Å². The number of benzene rings is 2. The third-order valence-electron chi connectivity index (χ3n) is 2.72. The number of carbonyl (C=O) groups is 1. The van der Waals surface area contributed by atoms with Gasteiger partial charge in [-0.3, -0.25) is 0 Å². The predicted molar refractivity (Wildman–Crippen MR) is 78.9 cm³/mol. The van der Waals surface area contributed by atoms with E-state index in [4.69, 9.17) is 5.73 Å². The lowest BCUT2D eigenvalue weighted by atomic mass is 10.2. The number of carbonyl (C=O) groups excluding carboxylic acids is 1. The second kappa shape index (κ2) is 6.43. The minimum Gasteiger partial charge on any atom is -0.352 e. The highest BCUT2D eigenvalue weighted by Gasteiger charge is 2.14. The van der Waals surface area contributed by atoms with Crippen molar-refractivity contribution in [2.24, 2.45) is 5.73 Å². The summed E-state index contributed by atoms with van der Waals surface area (Å²) in [6.45, 7) is 2.01. The van der Waals surface area contributed by atoms with E-state index >= 15 is 0 Å². The van der Waals surface area contributed by atoms with E-state index in [0.29, 0.717) is 0 Å². The van der Waals surface area contributed by atoms with Crippen LogP contribution in [0.2, 0.25) is 0 Å². The van der Waals surface area contributed by atoms with Crippen LogP contribution in [0, 0.1) is 12.7 Å². The summed E-state index contributed by atoms with van der Waals surface area (Å²) < 4.78 is 13.0. The smallest absolute Gasteiger partial charge is 0.313 e. The molecule has 0 saturated heterocycles. The number of hydrogen-bond acceptors (Lipinski definition) is 2. The molecule has 0 aromatic heterocycles. The van der Waals surface area contributed by atoms with Gasteiger partial charge in [-0.2, -0.15) is 0 Å². The SMILES string of the molecule is Cc1ccc(SC(NC(N)=O)c2ccc(F)cc2)cc1. The Morgan fingerprint density at radius 1 is 1.15 bits per heavy atom. The van der Waals surface area contributed by atoms with Crippen LogP contribution < -0.4 is 11.1 Å². The first kappa shape index (κ1) is 14.4. The van der Waals surface area contributed by atoms with Gasteiger partial charge in [0.2, 0.25) is 0 Å². The van der Waals surface area contributed by atoms with Gasteiger partial charge in [-0.25, -0.2) is 9.18 Å². The number of amides is 2. The van der Waals surface area contributed by atoms with Crippen LogP contribution in [0.4, 0.5) is 9.18 Å². The van der Waals surface area contributed by atoms with Crippen LogP contribution in [-0.2, 0) is 0 Å². The number of nitrogens with two attached hydrogens (primary N) is 1. The summed E-state index contributed by atoms with van der Waals surface area (Å²) >= 11 is 1.45. The second-order valence-corrected chi connectivity index (χ2v) is 5.55. The second-order valence-electron chi connectivity index (χ2n) is 4.37. The highest BCUT2D eigenvalue weighted by Crippen LogP contribution is 2.33. The van der Waals surface area contributed by atoms with Crippen molar-refractivity contribution in [1.82, 2.24) is 5.32 Å². The monoisotopic (exact) mass is 290 g/mol. The molecule has 2 rings (SSSR count). The van der Waals surface area contributed by atoms with Gasteiger partial charge in [0, 0.05) is 4.90 Å². The van der Waals surface area contributed by atoms with Crippen molar-refractivity contribution < 1.29 is 9.18 Å². The largest absolute Gasteiger partial charge is 0.352 e. The fraction of sp³-hybridized carbons (Fsp3) is 0.133. The quantitative estimate of drug-likeness (QED) is 0.668. The zero-order chi connectivity index (χ0) is 14.5. The van der Waals surface area contributed by atoms with Gasteiger partial charge >= 0.3 is 6.03 Å².